The molecule has 2 aromatic carbocycles. The average molecular weight is 445 g/mol. The molecular formula is C26H24FN3O3. The van der Waals surface area contributed by atoms with E-state index in [0.29, 0.717) is 12.2 Å². The average Bonchev–Trinajstić information content (AvgIpc) is 3.45. The standard InChI is InChI=1S/C26H24FN3O3/c1-16-14-29(15-28-16)23-9-4-18(12-24(23)32-3)13-25-26(31)30-21(17(2)33-25)10-11-22(30)19-5-7-20(27)8-6-19/h4-9,11-15,17,21H,10H2,1-3H3/t17-,21-/m1/s1. The fourth-order valence-corrected chi connectivity index (χ4v) is 4.40. The maximum atomic E-state index is 13.4. The van der Waals surface area contributed by atoms with E-state index in [0.717, 1.165) is 28.2 Å². The van der Waals surface area contributed by atoms with Crippen molar-refractivity contribution in [1.29, 1.82) is 0 Å². The second kappa shape index (κ2) is 8.24. The van der Waals surface area contributed by atoms with Gasteiger partial charge in [0.1, 0.15) is 17.7 Å². The molecule has 5 rings (SSSR count). The van der Waals surface area contributed by atoms with Gasteiger partial charge in [-0.2, -0.15) is 0 Å². The number of fused-ring (bicyclic) bond motifs is 1. The lowest BCUT2D eigenvalue weighted by Crippen LogP contribution is -2.48. The Morgan fingerprint density at radius 1 is 1.21 bits per heavy atom. The molecule has 3 heterocycles. The first-order valence-corrected chi connectivity index (χ1v) is 10.8. The van der Waals surface area contributed by atoms with E-state index in [-0.39, 0.29) is 29.6 Å². The summed E-state index contributed by atoms with van der Waals surface area (Å²) < 4.78 is 26.9. The number of aromatic nitrogens is 2. The summed E-state index contributed by atoms with van der Waals surface area (Å²) in [5, 5.41) is 0. The Balaban J connectivity index is 1.47. The first-order valence-electron chi connectivity index (χ1n) is 10.8. The van der Waals surface area contributed by atoms with Crippen LogP contribution in [-0.2, 0) is 9.53 Å². The predicted molar refractivity (Wildman–Crippen MR) is 123 cm³/mol. The highest BCUT2D eigenvalue weighted by Gasteiger charge is 2.42. The summed E-state index contributed by atoms with van der Waals surface area (Å²) in [6.07, 6.45) is 7.92. The highest BCUT2D eigenvalue weighted by Crippen LogP contribution is 2.38. The molecule has 33 heavy (non-hydrogen) atoms. The van der Waals surface area contributed by atoms with Crippen molar-refractivity contribution >= 4 is 17.7 Å². The quantitative estimate of drug-likeness (QED) is 0.545. The number of hydrogen-bond donors (Lipinski definition) is 0. The molecule has 0 spiro atoms. The van der Waals surface area contributed by atoms with Gasteiger partial charge in [0.15, 0.2) is 5.76 Å². The van der Waals surface area contributed by atoms with Gasteiger partial charge in [-0.25, -0.2) is 9.37 Å². The van der Waals surface area contributed by atoms with E-state index in [4.69, 9.17) is 9.47 Å². The SMILES string of the molecule is COc1cc(C=C2O[C@H](C)[C@H]3CC=C(c4ccc(F)cc4)N3C2=O)ccc1-n1cnc(C)c1. The minimum Gasteiger partial charge on any atom is -0.495 e. The molecule has 2 aliphatic rings. The van der Waals surface area contributed by atoms with E-state index >= 15 is 0 Å². The molecule has 0 saturated carbocycles. The second-order valence-corrected chi connectivity index (χ2v) is 8.26. The summed E-state index contributed by atoms with van der Waals surface area (Å²) in [5.41, 5.74) is 4.14. The smallest absolute Gasteiger partial charge is 0.293 e. The monoisotopic (exact) mass is 445 g/mol. The van der Waals surface area contributed by atoms with Crippen molar-refractivity contribution in [2.45, 2.75) is 32.4 Å². The summed E-state index contributed by atoms with van der Waals surface area (Å²) in [6, 6.07) is 11.8. The molecule has 0 bridgehead atoms. The summed E-state index contributed by atoms with van der Waals surface area (Å²) in [4.78, 5) is 19.5. The summed E-state index contributed by atoms with van der Waals surface area (Å²) in [6.45, 7) is 3.89. The van der Waals surface area contributed by atoms with Crippen LogP contribution in [0, 0.1) is 12.7 Å². The van der Waals surface area contributed by atoms with Gasteiger partial charge in [0, 0.05) is 11.9 Å². The lowest BCUT2D eigenvalue weighted by Gasteiger charge is -2.38. The zero-order chi connectivity index (χ0) is 23.1. The van der Waals surface area contributed by atoms with Crippen molar-refractivity contribution in [3.05, 3.63) is 89.5 Å². The van der Waals surface area contributed by atoms with Crippen LogP contribution in [0.15, 0.2) is 66.8 Å². The Morgan fingerprint density at radius 2 is 2.00 bits per heavy atom. The molecule has 168 valence electrons. The molecule has 2 aliphatic heterocycles. The Hall–Kier alpha value is -3.87. The molecule has 2 atom stereocenters. The minimum absolute atomic E-state index is 0.0869. The van der Waals surface area contributed by atoms with Crippen LogP contribution in [0.25, 0.3) is 17.5 Å². The topological polar surface area (TPSA) is 56.6 Å². The summed E-state index contributed by atoms with van der Waals surface area (Å²) in [7, 11) is 1.61. The van der Waals surface area contributed by atoms with E-state index in [9.17, 15) is 9.18 Å². The number of amides is 1. The molecule has 3 aromatic rings. The van der Waals surface area contributed by atoms with Gasteiger partial charge < -0.3 is 14.0 Å². The molecule has 0 unspecified atom stereocenters. The zero-order valence-electron chi connectivity index (χ0n) is 18.7. The number of morpholine rings is 1. The predicted octanol–water partition coefficient (Wildman–Crippen LogP) is 4.73. The van der Waals surface area contributed by atoms with Gasteiger partial charge in [-0.1, -0.05) is 12.1 Å². The summed E-state index contributed by atoms with van der Waals surface area (Å²) >= 11 is 0. The van der Waals surface area contributed by atoms with E-state index < -0.39 is 0 Å². The fraction of sp³-hybridized carbons (Fsp3) is 0.231. The van der Waals surface area contributed by atoms with Gasteiger partial charge in [-0.05, 0) is 73.9 Å². The van der Waals surface area contributed by atoms with Crippen LogP contribution in [0.1, 0.15) is 30.2 Å². The van der Waals surface area contributed by atoms with Crippen LogP contribution in [0.3, 0.4) is 0 Å². The number of aryl methyl sites for hydroxylation is 1. The number of benzene rings is 2. The van der Waals surface area contributed by atoms with Crippen LogP contribution in [0.4, 0.5) is 4.39 Å². The first-order chi connectivity index (χ1) is 15.9. The largest absolute Gasteiger partial charge is 0.495 e. The normalized spacial score (nSPS) is 21.1. The van der Waals surface area contributed by atoms with Crippen molar-refractivity contribution in [1.82, 2.24) is 14.5 Å². The van der Waals surface area contributed by atoms with Crippen LogP contribution in [-0.4, -0.2) is 39.6 Å². The Morgan fingerprint density at radius 3 is 2.70 bits per heavy atom. The zero-order valence-corrected chi connectivity index (χ0v) is 18.7. The highest BCUT2D eigenvalue weighted by atomic mass is 19.1. The van der Waals surface area contributed by atoms with Crippen LogP contribution >= 0.6 is 0 Å². The lowest BCUT2D eigenvalue weighted by molar-refractivity contribution is -0.138. The molecule has 1 saturated heterocycles. The third-order valence-electron chi connectivity index (χ3n) is 6.06. The van der Waals surface area contributed by atoms with Crippen molar-refractivity contribution in [2.24, 2.45) is 0 Å². The highest BCUT2D eigenvalue weighted by molar-refractivity contribution is 6.02. The second-order valence-electron chi connectivity index (χ2n) is 8.26. The molecule has 0 aliphatic carbocycles. The number of methoxy groups -OCH3 is 1. The first kappa shape index (κ1) is 21.0. The number of carbonyl (C=O) groups is 1. The molecule has 0 N–H and O–H groups in total. The molecule has 6 nitrogen and oxygen atoms in total. The van der Waals surface area contributed by atoms with Gasteiger partial charge in [0.25, 0.3) is 5.91 Å². The lowest BCUT2D eigenvalue weighted by atomic mass is 10.1. The van der Waals surface area contributed by atoms with Gasteiger partial charge in [-0.3, -0.25) is 9.69 Å². The maximum Gasteiger partial charge on any atom is 0.293 e. The van der Waals surface area contributed by atoms with E-state index in [1.54, 1.807) is 36.5 Å². The number of rotatable bonds is 4. The van der Waals surface area contributed by atoms with Gasteiger partial charge in [-0.15, -0.1) is 0 Å². The van der Waals surface area contributed by atoms with Crippen molar-refractivity contribution in [3.63, 3.8) is 0 Å². The summed E-state index contributed by atoms with van der Waals surface area (Å²) in [5.74, 6) is 0.407. The number of ether oxygens (including phenoxy) is 2. The Labute approximate surface area is 191 Å². The van der Waals surface area contributed by atoms with E-state index in [1.807, 2.05) is 48.9 Å². The van der Waals surface area contributed by atoms with E-state index in [1.165, 1.54) is 12.1 Å². The maximum absolute atomic E-state index is 13.4. The van der Waals surface area contributed by atoms with Crippen LogP contribution < -0.4 is 4.74 Å². The minimum atomic E-state index is -0.306. The van der Waals surface area contributed by atoms with Gasteiger partial charge in [0.05, 0.1) is 30.9 Å². The molecule has 1 amide bonds. The third-order valence-corrected chi connectivity index (χ3v) is 6.06. The molecule has 1 aromatic heterocycles. The van der Waals surface area contributed by atoms with Crippen molar-refractivity contribution in [3.8, 4) is 11.4 Å². The number of nitrogens with zero attached hydrogens (tertiary/aromatic N) is 3. The van der Waals surface area contributed by atoms with Gasteiger partial charge >= 0.3 is 0 Å². The van der Waals surface area contributed by atoms with E-state index in [2.05, 4.69) is 4.98 Å². The van der Waals surface area contributed by atoms with Crippen molar-refractivity contribution < 1.29 is 18.7 Å². The van der Waals surface area contributed by atoms with Gasteiger partial charge in [0.2, 0.25) is 0 Å². The molecule has 1 fully saturated rings. The molecule has 0 radical (unpaired) electrons. The Kier molecular flexibility index (Phi) is 5.24. The number of imidazole rings is 1. The van der Waals surface area contributed by atoms with Crippen molar-refractivity contribution in [2.75, 3.05) is 7.11 Å². The number of hydrogen-bond acceptors (Lipinski definition) is 4. The van der Waals surface area contributed by atoms with Crippen LogP contribution in [0.2, 0.25) is 0 Å². The molecule has 7 heteroatoms. The number of halogens is 1. The Bertz CT molecular complexity index is 1280. The molecular weight excluding hydrogens is 421 g/mol. The fourth-order valence-electron chi connectivity index (χ4n) is 4.40. The third kappa shape index (κ3) is 3.80. The number of carbonyl (C=O) groups excluding carboxylic acids is 1. The van der Waals surface area contributed by atoms with Crippen LogP contribution in [0.5, 0.6) is 5.75 Å².